The van der Waals surface area contributed by atoms with Gasteiger partial charge in [0.05, 0.1) is 11.1 Å². The largest absolute Gasteiger partial charge is 0.411 e. The molecule has 4 saturated heterocycles. The summed E-state index contributed by atoms with van der Waals surface area (Å²) in [5.74, 6) is 0.384. The molecule has 5 rings (SSSR count). The highest BCUT2D eigenvalue weighted by Crippen LogP contribution is 2.40. The fourth-order valence-corrected chi connectivity index (χ4v) is 4.24. The van der Waals surface area contributed by atoms with Crippen LogP contribution < -0.4 is 0 Å². The van der Waals surface area contributed by atoms with E-state index in [1.807, 2.05) is 6.07 Å². The van der Waals surface area contributed by atoms with Crippen molar-refractivity contribution in [3.63, 3.8) is 0 Å². The first-order valence-electron chi connectivity index (χ1n) is 7.04. The van der Waals surface area contributed by atoms with Crippen LogP contribution in [0, 0.1) is 5.92 Å². The van der Waals surface area contributed by atoms with Gasteiger partial charge in [-0.05, 0) is 5.56 Å². The Bertz CT molecular complexity index is 497. The van der Waals surface area contributed by atoms with Gasteiger partial charge in [-0.15, -0.1) is 0 Å². The SMILES string of the molecule is O/N=C1\C2CN3CCN(C2)CC1(c1ccccc1)C3. The van der Waals surface area contributed by atoms with Gasteiger partial charge < -0.3 is 15.0 Å². The Hall–Kier alpha value is -1.39. The molecule has 4 bridgehead atoms. The van der Waals surface area contributed by atoms with E-state index in [9.17, 15) is 5.21 Å². The molecule has 0 radical (unpaired) electrons. The zero-order valence-electron chi connectivity index (χ0n) is 11.0. The summed E-state index contributed by atoms with van der Waals surface area (Å²) in [5.41, 5.74) is 2.20. The van der Waals surface area contributed by atoms with Crippen LogP contribution in [0.3, 0.4) is 0 Å². The molecule has 0 amide bonds. The maximum Gasteiger partial charge on any atom is 0.0758 e. The molecule has 0 aliphatic carbocycles. The van der Waals surface area contributed by atoms with Gasteiger partial charge in [0, 0.05) is 45.2 Å². The molecule has 0 saturated carbocycles. The highest BCUT2D eigenvalue weighted by Gasteiger charge is 2.53. The molecular weight excluding hydrogens is 238 g/mol. The molecule has 4 fully saturated rings. The normalized spacial score (nSPS) is 42.5. The van der Waals surface area contributed by atoms with Crippen molar-refractivity contribution < 1.29 is 5.21 Å². The fourth-order valence-electron chi connectivity index (χ4n) is 4.24. The average molecular weight is 257 g/mol. The minimum atomic E-state index is -0.103. The number of hydrogen-bond acceptors (Lipinski definition) is 4. The van der Waals surface area contributed by atoms with Gasteiger partial charge in [-0.25, -0.2) is 0 Å². The molecule has 100 valence electrons. The summed E-state index contributed by atoms with van der Waals surface area (Å²) in [6.45, 7) is 6.36. The second-order valence-corrected chi connectivity index (χ2v) is 6.10. The van der Waals surface area contributed by atoms with Crippen molar-refractivity contribution in [2.45, 2.75) is 5.41 Å². The lowest BCUT2D eigenvalue weighted by atomic mass is 9.66. The average Bonchev–Trinajstić information content (AvgIpc) is 2.68. The van der Waals surface area contributed by atoms with Gasteiger partial charge in [0.25, 0.3) is 0 Å². The molecule has 4 heteroatoms. The van der Waals surface area contributed by atoms with Crippen LogP contribution in [0.2, 0.25) is 0 Å². The lowest BCUT2D eigenvalue weighted by molar-refractivity contribution is 0.155. The van der Waals surface area contributed by atoms with Crippen LogP contribution in [0.25, 0.3) is 0 Å². The van der Waals surface area contributed by atoms with Crippen LogP contribution in [0.1, 0.15) is 5.56 Å². The summed E-state index contributed by atoms with van der Waals surface area (Å²) < 4.78 is 0. The topological polar surface area (TPSA) is 39.1 Å². The van der Waals surface area contributed by atoms with Crippen molar-refractivity contribution in [1.82, 2.24) is 9.80 Å². The van der Waals surface area contributed by atoms with E-state index in [4.69, 9.17) is 0 Å². The quantitative estimate of drug-likeness (QED) is 0.603. The lowest BCUT2D eigenvalue weighted by Gasteiger charge is -2.50. The Morgan fingerprint density at radius 2 is 1.68 bits per heavy atom. The molecule has 4 aliphatic rings. The molecule has 0 spiro atoms. The molecule has 19 heavy (non-hydrogen) atoms. The second kappa shape index (κ2) is 4.05. The number of hydrogen-bond donors (Lipinski definition) is 1. The summed E-state index contributed by atoms with van der Waals surface area (Å²) in [6.07, 6.45) is 0. The predicted octanol–water partition coefficient (Wildman–Crippen LogP) is 1.02. The minimum absolute atomic E-state index is 0.103. The van der Waals surface area contributed by atoms with E-state index in [-0.39, 0.29) is 5.41 Å². The zero-order valence-corrected chi connectivity index (χ0v) is 11.0. The maximum absolute atomic E-state index is 9.57. The molecule has 1 aromatic rings. The van der Waals surface area contributed by atoms with Crippen LogP contribution in [0.15, 0.2) is 35.5 Å². The smallest absolute Gasteiger partial charge is 0.0758 e. The number of fused-ring (bicyclic) bond motifs is 1. The number of piperidine rings is 2. The van der Waals surface area contributed by atoms with Gasteiger partial charge >= 0.3 is 0 Å². The number of nitrogens with zero attached hydrogens (tertiary/aromatic N) is 3. The second-order valence-electron chi connectivity index (χ2n) is 6.10. The summed E-state index contributed by atoms with van der Waals surface area (Å²) in [6, 6.07) is 10.6. The lowest BCUT2D eigenvalue weighted by Crippen LogP contribution is -2.63. The van der Waals surface area contributed by atoms with Crippen molar-refractivity contribution in [3.05, 3.63) is 35.9 Å². The Morgan fingerprint density at radius 1 is 1.05 bits per heavy atom. The molecule has 2 unspecified atom stereocenters. The Morgan fingerprint density at radius 3 is 2.26 bits per heavy atom. The molecule has 2 atom stereocenters. The van der Waals surface area contributed by atoms with Gasteiger partial charge in [0.2, 0.25) is 0 Å². The first-order chi connectivity index (χ1) is 9.32. The summed E-state index contributed by atoms with van der Waals surface area (Å²) in [4.78, 5) is 5.08. The third kappa shape index (κ3) is 1.56. The Labute approximate surface area is 113 Å². The molecule has 4 nitrogen and oxygen atoms in total. The van der Waals surface area contributed by atoms with Crippen molar-refractivity contribution in [3.8, 4) is 0 Å². The van der Waals surface area contributed by atoms with Gasteiger partial charge in [-0.1, -0.05) is 35.5 Å². The number of benzene rings is 1. The summed E-state index contributed by atoms with van der Waals surface area (Å²) in [5, 5.41) is 13.3. The summed E-state index contributed by atoms with van der Waals surface area (Å²) in [7, 11) is 0. The van der Waals surface area contributed by atoms with Crippen LogP contribution in [0.4, 0.5) is 0 Å². The van der Waals surface area contributed by atoms with Crippen molar-refractivity contribution >= 4 is 5.71 Å². The van der Waals surface area contributed by atoms with Crippen molar-refractivity contribution in [2.75, 3.05) is 39.3 Å². The van der Waals surface area contributed by atoms with E-state index >= 15 is 0 Å². The molecular formula is C15H19N3O. The molecule has 4 aliphatic heterocycles. The highest BCUT2D eigenvalue weighted by atomic mass is 16.4. The van der Waals surface area contributed by atoms with E-state index in [1.54, 1.807) is 0 Å². The van der Waals surface area contributed by atoms with Crippen LogP contribution in [0.5, 0.6) is 0 Å². The fraction of sp³-hybridized carbons (Fsp3) is 0.533. The van der Waals surface area contributed by atoms with Crippen LogP contribution >= 0.6 is 0 Å². The third-order valence-corrected chi connectivity index (χ3v) is 4.99. The predicted molar refractivity (Wildman–Crippen MR) is 73.7 cm³/mol. The zero-order chi connectivity index (χ0) is 12.9. The molecule has 0 aromatic heterocycles. The van der Waals surface area contributed by atoms with E-state index < -0.39 is 0 Å². The first kappa shape index (κ1) is 11.4. The van der Waals surface area contributed by atoms with E-state index in [1.165, 1.54) is 5.56 Å². The Kier molecular flexibility index (Phi) is 2.44. The van der Waals surface area contributed by atoms with Gasteiger partial charge in [-0.3, -0.25) is 0 Å². The standard InChI is InChI=1S/C15H19N3O/c19-16-14-12-8-17-6-7-18(9-12)11-15(14,10-17)13-4-2-1-3-5-13/h1-5,12,19H,6-11H2/b16-14+. The molecule has 1 N–H and O–H groups in total. The van der Waals surface area contributed by atoms with E-state index in [2.05, 4.69) is 39.2 Å². The van der Waals surface area contributed by atoms with Crippen molar-refractivity contribution in [2.24, 2.45) is 11.1 Å². The molecule has 1 aromatic carbocycles. The first-order valence-corrected chi connectivity index (χ1v) is 7.04. The van der Waals surface area contributed by atoms with E-state index in [0.29, 0.717) is 5.92 Å². The highest BCUT2D eigenvalue weighted by molar-refractivity contribution is 5.99. The van der Waals surface area contributed by atoms with Gasteiger partial charge in [-0.2, -0.15) is 0 Å². The van der Waals surface area contributed by atoms with Crippen LogP contribution in [-0.2, 0) is 5.41 Å². The minimum Gasteiger partial charge on any atom is -0.411 e. The number of oxime groups is 1. The number of rotatable bonds is 1. The van der Waals surface area contributed by atoms with E-state index in [0.717, 1.165) is 45.0 Å². The molecule has 4 heterocycles. The maximum atomic E-state index is 9.57. The van der Waals surface area contributed by atoms with Crippen molar-refractivity contribution in [1.29, 1.82) is 0 Å². The summed E-state index contributed by atoms with van der Waals surface area (Å²) >= 11 is 0. The van der Waals surface area contributed by atoms with Gasteiger partial charge in [0.15, 0.2) is 0 Å². The van der Waals surface area contributed by atoms with Crippen LogP contribution in [-0.4, -0.2) is 60.0 Å². The third-order valence-electron chi connectivity index (χ3n) is 4.99. The Balaban J connectivity index is 1.88. The monoisotopic (exact) mass is 257 g/mol. The van der Waals surface area contributed by atoms with Gasteiger partial charge in [0.1, 0.15) is 0 Å².